The van der Waals surface area contributed by atoms with Gasteiger partial charge in [0.2, 0.25) is 0 Å². The number of aryl methyl sites for hydroxylation is 1. The number of benzene rings is 2. The van der Waals surface area contributed by atoms with Crippen LogP contribution in [0.5, 0.6) is 0 Å². The third-order valence-electron chi connectivity index (χ3n) is 4.11. The van der Waals surface area contributed by atoms with Gasteiger partial charge in [-0.15, -0.1) is 11.8 Å². The predicted octanol–water partition coefficient (Wildman–Crippen LogP) is 6.37. The van der Waals surface area contributed by atoms with Gasteiger partial charge in [-0.2, -0.15) is 0 Å². The Bertz CT molecular complexity index is 806. The lowest BCUT2D eigenvalue weighted by atomic mass is 10.00. The second kappa shape index (κ2) is 8.31. The van der Waals surface area contributed by atoms with Crippen molar-refractivity contribution in [2.75, 3.05) is 0 Å². The zero-order valence-electron chi connectivity index (χ0n) is 14.0. The molecule has 0 fully saturated rings. The molecule has 0 aliphatic heterocycles. The van der Waals surface area contributed by atoms with Gasteiger partial charge in [-0.25, -0.2) is 4.98 Å². The van der Waals surface area contributed by atoms with E-state index in [4.69, 9.17) is 23.2 Å². The molecular weight excluding hydrogens is 371 g/mol. The summed E-state index contributed by atoms with van der Waals surface area (Å²) in [6.07, 6.45) is 7.73. The fraction of sp³-hybridized carbons (Fsp3) is 0.250. The summed E-state index contributed by atoms with van der Waals surface area (Å²) in [7, 11) is 0. The van der Waals surface area contributed by atoms with Crippen molar-refractivity contribution in [1.82, 2.24) is 9.55 Å². The summed E-state index contributed by atoms with van der Waals surface area (Å²) < 4.78 is 2.11. The first-order chi connectivity index (χ1) is 12.0. The number of thioether (sulfide) groups is 1. The molecule has 0 bridgehead atoms. The molecule has 1 atom stereocenters. The number of aromatic nitrogens is 2. The molecule has 0 aliphatic rings. The van der Waals surface area contributed by atoms with Crippen molar-refractivity contribution in [2.45, 2.75) is 36.0 Å². The van der Waals surface area contributed by atoms with E-state index in [-0.39, 0.29) is 4.75 Å². The SMILES string of the molecule is CC(CCc1ccccc1)(Cn1ccnc1)Sc1ccc(Cl)cc1Cl. The first kappa shape index (κ1) is 18.4. The molecule has 1 unspecified atom stereocenters. The maximum Gasteiger partial charge on any atom is 0.0946 e. The van der Waals surface area contributed by atoms with E-state index in [1.54, 1.807) is 17.8 Å². The van der Waals surface area contributed by atoms with Crippen molar-refractivity contribution in [2.24, 2.45) is 0 Å². The second-order valence-electron chi connectivity index (χ2n) is 6.35. The summed E-state index contributed by atoms with van der Waals surface area (Å²) in [5.74, 6) is 0. The highest BCUT2D eigenvalue weighted by Gasteiger charge is 2.27. The van der Waals surface area contributed by atoms with Crippen molar-refractivity contribution in [3.8, 4) is 0 Å². The van der Waals surface area contributed by atoms with E-state index in [0.717, 1.165) is 24.3 Å². The van der Waals surface area contributed by atoms with Gasteiger partial charge in [0, 0.05) is 33.6 Å². The molecule has 1 aromatic heterocycles. The number of halogens is 2. The molecule has 1 heterocycles. The molecule has 0 spiro atoms. The highest BCUT2D eigenvalue weighted by molar-refractivity contribution is 8.00. The Morgan fingerprint density at radius 1 is 1.12 bits per heavy atom. The molecule has 5 heteroatoms. The van der Waals surface area contributed by atoms with Crippen LogP contribution in [0.15, 0.2) is 72.1 Å². The van der Waals surface area contributed by atoms with Crippen molar-refractivity contribution >= 4 is 35.0 Å². The van der Waals surface area contributed by atoms with E-state index in [1.807, 2.05) is 30.9 Å². The monoisotopic (exact) mass is 390 g/mol. The minimum absolute atomic E-state index is 0.0198. The Kier molecular flexibility index (Phi) is 6.10. The lowest BCUT2D eigenvalue weighted by molar-refractivity contribution is 0.495. The van der Waals surface area contributed by atoms with Gasteiger partial charge in [0.05, 0.1) is 11.3 Å². The zero-order valence-corrected chi connectivity index (χ0v) is 16.4. The van der Waals surface area contributed by atoms with E-state index < -0.39 is 0 Å². The Morgan fingerprint density at radius 3 is 2.60 bits per heavy atom. The number of hydrogen-bond donors (Lipinski definition) is 0. The Balaban J connectivity index is 1.80. The molecule has 3 aromatic rings. The lowest BCUT2D eigenvalue weighted by Crippen LogP contribution is -2.27. The number of rotatable bonds is 7. The molecule has 2 nitrogen and oxygen atoms in total. The van der Waals surface area contributed by atoms with Crippen LogP contribution >= 0.6 is 35.0 Å². The van der Waals surface area contributed by atoms with E-state index >= 15 is 0 Å². The number of nitrogens with zero attached hydrogens (tertiary/aromatic N) is 2. The second-order valence-corrected chi connectivity index (χ2v) is 8.82. The Hall–Kier alpha value is -1.42. The minimum atomic E-state index is -0.0198. The van der Waals surface area contributed by atoms with Crippen LogP contribution in [0, 0.1) is 0 Å². The van der Waals surface area contributed by atoms with E-state index in [0.29, 0.717) is 10.0 Å². The molecule has 0 saturated carbocycles. The maximum absolute atomic E-state index is 6.41. The summed E-state index contributed by atoms with van der Waals surface area (Å²) in [4.78, 5) is 5.23. The minimum Gasteiger partial charge on any atom is -0.336 e. The molecular formula is C20H20Cl2N2S. The maximum atomic E-state index is 6.41. The first-order valence-electron chi connectivity index (χ1n) is 8.18. The van der Waals surface area contributed by atoms with Crippen LogP contribution in [-0.4, -0.2) is 14.3 Å². The average Bonchev–Trinajstić information content (AvgIpc) is 3.09. The third-order valence-corrected chi connectivity index (χ3v) is 6.17. The molecule has 0 saturated heterocycles. The topological polar surface area (TPSA) is 17.8 Å². The van der Waals surface area contributed by atoms with Gasteiger partial charge in [0.25, 0.3) is 0 Å². The number of hydrogen-bond acceptors (Lipinski definition) is 2. The normalized spacial score (nSPS) is 13.6. The van der Waals surface area contributed by atoms with Crippen LogP contribution in [0.3, 0.4) is 0 Å². The molecule has 25 heavy (non-hydrogen) atoms. The average molecular weight is 391 g/mol. The summed E-state index contributed by atoms with van der Waals surface area (Å²) in [5.41, 5.74) is 1.35. The van der Waals surface area contributed by atoms with Crippen LogP contribution in [0.4, 0.5) is 0 Å². The molecule has 0 radical (unpaired) electrons. The van der Waals surface area contributed by atoms with Gasteiger partial charge >= 0.3 is 0 Å². The predicted molar refractivity (Wildman–Crippen MR) is 108 cm³/mol. The standard InChI is InChI=1S/C20H20Cl2N2S/c1-20(14-24-12-11-23-15-24,10-9-16-5-3-2-4-6-16)25-19-8-7-17(21)13-18(19)22/h2-8,11-13,15H,9-10,14H2,1H3. The van der Waals surface area contributed by atoms with Crippen LogP contribution < -0.4 is 0 Å². The molecule has 0 N–H and O–H groups in total. The van der Waals surface area contributed by atoms with Crippen LogP contribution in [0.2, 0.25) is 10.0 Å². The molecule has 3 rings (SSSR count). The van der Waals surface area contributed by atoms with Crippen molar-refractivity contribution < 1.29 is 0 Å². The van der Waals surface area contributed by atoms with Crippen LogP contribution in [0.1, 0.15) is 18.9 Å². The summed E-state index contributed by atoms with van der Waals surface area (Å²) in [6.45, 7) is 3.15. The van der Waals surface area contributed by atoms with Crippen LogP contribution in [-0.2, 0) is 13.0 Å². The smallest absolute Gasteiger partial charge is 0.0946 e. The van der Waals surface area contributed by atoms with Crippen molar-refractivity contribution in [3.63, 3.8) is 0 Å². The largest absolute Gasteiger partial charge is 0.336 e. The van der Waals surface area contributed by atoms with Crippen molar-refractivity contribution in [1.29, 1.82) is 0 Å². The molecule has 2 aromatic carbocycles. The molecule has 0 amide bonds. The van der Waals surface area contributed by atoms with Gasteiger partial charge in [0.15, 0.2) is 0 Å². The molecule has 0 aliphatic carbocycles. The first-order valence-corrected chi connectivity index (χ1v) is 9.75. The van der Waals surface area contributed by atoms with Gasteiger partial charge < -0.3 is 4.57 Å². The van der Waals surface area contributed by atoms with E-state index in [2.05, 4.69) is 46.8 Å². The summed E-state index contributed by atoms with van der Waals surface area (Å²) in [6, 6.07) is 16.3. The Morgan fingerprint density at radius 2 is 1.92 bits per heavy atom. The van der Waals surface area contributed by atoms with Crippen LogP contribution in [0.25, 0.3) is 0 Å². The number of imidazole rings is 1. The van der Waals surface area contributed by atoms with Gasteiger partial charge in [-0.1, -0.05) is 53.5 Å². The van der Waals surface area contributed by atoms with Gasteiger partial charge in [-0.3, -0.25) is 0 Å². The third kappa shape index (κ3) is 5.27. The Labute approximate surface area is 163 Å². The fourth-order valence-electron chi connectivity index (χ4n) is 2.81. The highest BCUT2D eigenvalue weighted by Crippen LogP contribution is 2.41. The van der Waals surface area contributed by atoms with Crippen molar-refractivity contribution in [3.05, 3.63) is 82.9 Å². The van der Waals surface area contributed by atoms with Gasteiger partial charge in [0.1, 0.15) is 0 Å². The fourth-order valence-corrected chi connectivity index (χ4v) is 4.57. The van der Waals surface area contributed by atoms with Gasteiger partial charge in [-0.05, 0) is 43.5 Å². The zero-order chi connectivity index (χ0) is 17.7. The van der Waals surface area contributed by atoms with E-state index in [1.165, 1.54) is 5.56 Å². The lowest BCUT2D eigenvalue weighted by Gasteiger charge is -2.30. The quantitative estimate of drug-likeness (QED) is 0.435. The summed E-state index contributed by atoms with van der Waals surface area (Å²) >= 11 is 14.3. The molecule has 130 valence electrons. The summed E-state index contributed by atoms with van der Waals surface area (Å²) in [5, 5.41) is 1.36. The highest BCUT2D eigenvalue weighted by atomic mass is 35.5. The van der Waals surface area contributed by atoms with E-state index in [9.17, 15) is 0 Å².